The predicted octanol–water partition coefficient (Wildman–Crippen LogP) is 7.91. The van der Waals surface area contributed by atoms with Crippen LogP contribution in [-0.2, 0) is 25.5 Å². The molecule has 58 heavy (non-hydrogen) atoms. The Morgan fingerprint density at radius 3 is 1.53 bits per heavy atom. The van der Waals surface area contributed by atoms with Gasteiger partial charge in [-0.25, -0.2) is 14.4 Å². The molecule has 0 bridgehead atoms. The van der Waals surface area contributed by atoms with E-state index >= 15 is 4.79 Å². The van der Waals surface area contributed by atoms with Crippen LogP contribution in [0.2, 0.25) is 0 Å². The highest BCUT2D eigenvalue weighted by atomic mass is 31.2. The zero-order valence-corrected chi connectivity index (χ0v) is 33.4. The summed E-state index contributed by atoms with van der Waals surface area (Å²) in [5.41, 5.74) is 4.14. The molecule has 292 valence electrons. The van der Waals surface area contributed by atoms with Crippen LogP contribution in [0, 0.1) is 0 Å². The van der Waals surface area contributed by atoms with E-state index in [9.17, 15) is 19.5 Å². The standard InChI is InChI=1S/C49H44NO7P/c1-49(2,3)57-47(54)45(58(35-17-7-4-8-18-35,36-19-9-5-10-20-36)37-21-11-6-12-22-37)44(51)34-29-27-33(28-30-34)31-43(46(52)53)50-48(55)56-32-42-40-25-15-13-23-38(40)39-24-14-16-26-41(39)42/h4-30,42-43H,31-32H2,1-3H3,(H,50,55)(H,52,53)/t43-/m0/s1. The lowest BCUT2D eigenvalue weighted by Gasteiger charge is -2.32. The minimum absolute atomic E-state index is 0.0131. The Morgan fingerprint density at radius 2 is 1.09 bits per heavy atom. The van der Waals surface area contributed by atoms with E-state index in [4.69, 9.17) is 9.47 Å². The van der Waals surface area contributed by atoms with Gasteiger partial charge in [0.15, 0.2) is 0 Å². The Hall–Kier alpha value is -6.50. The lowest BCUT2D eigenvalue weighted by atomic mass is 9.98. The van der Waals surface area contributed by atoms with Gasteiger partial charge in [-0.1, -0.05) is 164 Å². The summed E-state index contributed by atoms with van der Waals surface area (Å²) < 4.78 is 11.7. The normalized spacial score (nSPS) is 12.7. The van der Waals surface area contributed by atoms with Crippen LogP contribution >= 0.6 is 6.89 Å². The van der Waals surface area contributed by atoms with Crippen molar-refractivity contribution in [2.75, 3.05) is 6.61 Å². The molecule has 0 aliphatic heterocycles. The molecule has 0 heterocycles. The molecule has 0 radical (unpaired) electrons. The summed E-state index contributed by atoms with van der Waals surface area (Å²) in [6, 6.07) is 49.9. The monoisotopic (exact) mass is 789 g/mol. The second kappa shape index (κ2) is 16.9. The van der Waals surface area contributed by atoms with Crippen LogP contribution in [0.5, 0.6) is 0 Å². The van der Waals surface area contributed by atoms with E-state index in [1.807, 2.05) is 140 Å². The zero-order chi connectivity index (χ0) is 40.9. The van der Waals surface area contributed by atoms with E-state index in [-0.39, 0.29) is 29.8 Å². The number of esters is 1. The molecule has 0 aromatic heterocycles. The summed E-state index contributed by atoms with van der Waals surface area (Å²) >= 11 is 0. The summed E-state index contributed by atoms with van der Waals surface area (Å²) in [5, 5.41) is 15.1. The average Bonchev–Trinajstić information content (AvgIpc) is 3.55. The third kappa shape index (κ3) is 8.15. The highest BCUT2D eigenvalue weighted by Gasteiger charge is 2.39. The smallest absolute Gasteiger partial charge is 0.407 e. The summed E-state index contributed by atoms with van der Waals surface area (Å²) in [6.45, 7) is 2.16. The molecular weight excluding hydrogens is 746 g/mol. The van der Waals surface area contributed by atoms with Crippen LogP contribution in [0.25, 0.3) is 11.1 Å². The fourth-order valence-corrected chi connectivity index (χ4v) is 11.9. The van der Waals surface area contributed by atoms with Crippen molar-refractivity contribution in [3.05, 3.63) is 186 Å². The number of rotatable bonds is 12. The lowest BCUT2D eigenvalue weighted by Crippen LogP contribution is -2.43. The highest BCUT2D eigenvalue weighted by molar-refractivity contribution is 7.97. The molecule has 1 aliphatic carbocycles. The van der Waals surface area contributed by atoms with Crippen molar-refractivity contribution >= 4 is 51.9 Å². The summed E-state index contributed by atoms with van der Waals surface area (Å²) in [5.74, 6) is -2.64. The van der Waals surface area contributed by atoms with Gasteiger partial charge < -0.3 is 19.9 Å². The minimum atomic E-state index is -3.19. The largest absolute Gasteiger partial charge is 0.480 e. The van der Waals surface area contributed by atoms with Gasteiger partial charge in [-0.2, -0.15) is 0 Å². The fourth-order valence-electron chi connectivity index (χ4n) is 7.64. The fraction of sp³-hybridized carbons (Fsp3) is 0.163. The van der Waals surface area contributed by atoms with Crippen molar-refractivity contribution in [3.63, 3.8) is 0 Å². The van der Waals surface area contributed by atoms with Crippen LogP contribution in [0.15, 0.2) is 164 Å². The predicted molar refractivity (Wildman–Crippen MR) is 230 cm³/mol. The third-order valence-electron chi connectivity index (χ3n) is 10.2. The molecule has 0 unspecified atom stereocenters. The number of ketones is 1. The van der Waals surface area contributed by atoms with Gasteiger partial charge in [-0.3, -0.25) is 4.79 Å². The van der Waals surface area contributed by atoms with Crippen molar-refractivity contribution in [2.45, 2.75) is 44.8 Å². The first-order valence-electron chi connectivity index (χ1n) is 19.1. The van der Waals surface area contributed by atoms with E-state index in [1.165, 1.54) is 0 Å². The molecule has 2 N–H and O–H groups in total. The molecule has 7 rings (SSSR count). The summed E-state index contributed by atoms with van der Waals surface area (Å²) in [4.78, 5) is 55.2. The van der Waals surface area contributed by atoms with E-state index in [1.54, 1.807) is 45.0 Å². The third-order valence-corrected chi connectivity index (χ3v) is 14.4. The summed E-state index contributed by atoms with van der Waals surface area (Å²) in [6.07, 6.45) is -0.924. The number of carboxylic acid groups (broad SMARTS) is 1. The van der Waals surface area contributed by atoms with Gasteiger partial charge in [0, 0.05) is 17.9 Å². The van der Waals surface area contributed by atoms with Crippen molar-refractivity contribution in [1.82, 2.24) is 5.32 Å². The number of alkyl carbamates (subject to hydrolysis) is 1. The molecule has 6 aromatic rings. The molecular formula is C49H44NO7P. The number of fused-ring (bicyclic) bond motifs is 3. The highest BCUT2D eigenvalue weighted by Crippen LogP contribution is 2.48. The minimum Gasteiger partial charge on any atom is -0.480 e. The van der Waals surface area contributed by atoms with Gasteiger partial charge in [-0.15, -0.1) is 0 Å². The molecule has 1 amide bonds. The molecule has 6 aromatic carbocycles. The molecule has 1 aliphatic rings. The molecule has 0 saturated heterocycles. The SMILES string of the molecule is CC(C)(C)OC(=O)C(C(=O)c1ccc(C[C@H](NC(=O)OCC2c3ccccc3-c3ccccc32)C(=O)O)cc1)=P(c1ccccc1)(c1ccccc1)c1ccccc1. The van der Waals surface area contributed by atoms with Gasteiger partial charge in [0.1, 0.15) is 23.5 Å². The summed E-state index contributed by atoms with van der Waals surface area (Å²) in [7, 11) is 0. The second-order valence-electron chi connectivity index (χ2n) is 15.1. The number of nitrogens with one attached hydrogen (secondary N) is 1. The van der Waals surface area contributed by atoms with Gasteiger partial charge in [0.2, 0.25) is 5.78 Å². The quantitative estimate of drug-likeness (QED) is 0.0560. The Bertz CT molecular complexity index is 2360. The van der Waals surface area contributed by atoms with E-state index < -0.39 is 42.3 Å². The topological polar surface area (TPSA) is 119 Å². The first-order valence-corrected chi connectivity index (χ1v) is 20.9. The van der Waals surface area contributed by atoms with Crippen molar-refractivity contribution in [3.8, 4) is 11.1 Å². The van der Waals surface area contributed by atoms with Gasteiger partial charge in [0.05, 0.1) is 0 Å². The van der Waals surface area contributed by atoms with Gasteiger partial charge in [-0.05, 0) is 71.4 Å². The number of ether oxygens (including phenoxy) is 2. The van der Waals surface area contributed by atoms with Crippen molar-refractivity contribution < 1.29 is 33.8 Å². The molecule has 1 atom stereocenters. The number of carbonyl (C=O) groups is 4. The first-order chi connectivity index (χ1) is 28.0. The maximum absolute atomic E-state index is 15.1. The number of hydrogen-bond acceptors (Lipinski definition) is 6. The first kappa shape index (κ1) is 39.7. The molecule has 0 saturated carbocycles. The molecule has 0 fully saturated rings. The lowest BCUT2D eigenvalue weighted by molar-refractivity contribution is -0.145. The van der Waals surface area contributed by atoms with Crippen LogP contribution in [0.4, 0.5) is 4.79 Å². The van der Waals surface area contributed by atoms with E-state index in [2.05, 4.69) is 5.32 Å². The maximum atomic E-state index is 15.1. The average molecular weight is 790 g/mol. The number of Topliss-reactive ketones (excluding diaryl/α,β-unsaturated/α-hetero) is 1. The number of aliphatic carboxylic acids is 1. The van der Waals surface area contributed by atoms with Crippen LogP contribution in [0.3, 0.4) is 0 Å². The van der Waals surface area contributed by atoms with Crippen LogP contribution in [0.1, 0.15) is 53.7 Å². The number of hydrogen-bond donors (Lipinski definition) is 2. The van der Waals surface area contributed by atoms with E-state index in [0.29, 0.717) is 5.56 Å². The van der Waals surface area contributed by atoms with Gasteiger partial charge >= 0.3 is 18.0 Å². The molecule has 8 nitrogen and oxygen atoms in total. The Balaban J connectivity index is 1.20. The van der Waals surface area contributed by atoms with Crippen molar-refractivity contribution in [2.24, 2.45) is 0 Å². The Labute approximate surface area is 338 Å². The van der Waals surface area contributed by atoms with Crippen LogP contribution < -0.4 is 21.2 Å². The molecule has 9 heteroatoms. The Kier molecular flexibility index (Phi) is 11.6. The number of amides is 1. The number of carboxylic acids is 1. The van der Waals surface area contributed by atoms with Gasteiger partial charge in [0.25, 0.3) is 0 Å². The maximum Gasteiger partial charge on any atom is 0.407 e. The molecule has 0 spiro atoms. The van der Waals surface area contributed by atoms with Crippen LogP contribution in [-0.4, -0.2) is 52.5 Å². The number of benzene rings is 6. The second-order valence-corrected chi connectivity index (χ2v) is 18.5. The van der Waals surface area contributed by atoms with Crippen molar-refractivity contribution in [1.29, 1.82) is 0 Å². The number of carbonyl (C=O) groups excluding carboxylic acids is 3. The van der Waals surface area contributed by atoms with E-state index in [0.717, 1.165) is 38.2 Å². The Morgan fingerprint density at radius 1 is 0.638 bits per heavy atom. The zero-order valence-electron chi connectivity index (χ0n) is 32.5.